The Labute approximate surface area is 136 Å². The van der Waals surface area contributed by atoms with Crippen molar-refractivity contribution in [2.75, 3.05) is 13.2 Å². The van der Waals surface area contributed by atoms with Crippen LogP contribution in [0.5, 0.6) is 0 Å². The highest BCUT2D eigenvalue weighted by Crippen LogP contribution is 2.24. The molecular formula is C20H33NO. The highest BCUT2D eigenvalue weighted by atomic mass is 16.5. The van der Waals surface area contributed by atoms with E-state index in [4.69, 9.17) is 4.74 Å². The van der Waals surface area contributed by atoms with E-state index < -0.39 is 0 Å². The summed E-state index contributed by atoms with van der Waals surface area (Å²) in [6, 6.07) is 0. The Hall–Kier alpha value is -1.02. The van der Waals surface area contributed by atoms with E-state index in [9.17, 15) is 0 Å². The molecule has 1 atom stereocenters. The molecule has 0 aromatic carbocycles. The van der Waals surface area contributed by atoms with Crippen molar-refractivity contribution in [3.05, 3.63) is 36.2 Å². The second-order valence-corrected chi connectivity index (χ2v) is 6.58. The summed E-state index contributed by atoms with van der Waals surface area (Å²) < 4.78 is 5.76. The van der Waals surface area contributed by atoms with Crippen LogP contribution in [-0.4, -0.2) is 13.2 Å². The smallest absolute Gasteiger partial charge is 0.0466 e. The van der Waals surface area contributed by atoms with Gasteiger partial charge in [-0.25, -0.2) is 0 Å². The molecule has 2 aliphatic heterocycles. The molecule has 22 heavy (non-hydrogen) atoms. The highest BCUT2D eigenvalue weighted by Gasteiger charge is 2.13. The van der Waals surface area contributed by atoms with Crippen molar-refractivity contribution in [1.29, 1.82) is 0 Å². The molecule has 1 saturated heterocycles. The van der Waals surface area contributed by atoms with Crippen molar-refractivity contribution < 1.29 is 4.74 Å². The summed E-state index contributed by atoms with van der Waals surface area (Å²) >= 11 is 0. The van der Waals surface area contributed by atoms with E-state index in [1.807, 2.05) is 0 Å². The Morgan fingerprint density at radius 1 is 0.727 bits per heavy atom. The summed E-state index contributed by atoms with van der Waals surface area (Å²) in [6.45, 7) is 1.91. The van der Waals surface area contributed by atoms with Crippen molar-refractivity contribution in [1.82, 2.24) is 5.32 Å². The largest absolute Gasteiger partial charge is 0.381 e. The van der Waals surface area contributed by atoms with Crippen LogP contribution < -0.4 is 5.32 Å². The number of nitrogens with one attached hydrogen (secondary N) is 1. The van der Waals surface area contributed by atoms with Gasteiger partial charge < -0.3 is 10.1 Å². The molecule has 0 aromatic heterocycles. The molecule has 1 unspecified atom stereocenters. The van der Waals surface area contributed by atoms with Crippen molar-refractivity contribution in [3.8, 4) is 0 Å². The Bertz CT molecular complexity index is 354. The van der Waals surface area contributed by atoms with E-state index in [1.54, 1.807) is 0 Å². The molecule has 1 N–H and O–H groups in total. The first-order valence-electron chi connectivity index (χ1n) is 9.34. The molecule has 124 valence electrons. The van der Waals surface area contributed by atoms with Gasteiger partial charge in [-0.15, -0.1) is 0 Å². The minimum absolute atomic E-state index is 0.678. The first-order chi connectivity index (χ1) is 11.0. The fourth-order valence-electron chi connectivity index (χ4n) is 3.36. The molecule has 1 fully saturated rings. The van der Waals surface area contributed by atoms with Crippen LogP contribution in [0.25, 0.3) is 0 Å². The summed E-state index contributed by atoms with van der Waals surface area (Å²) in [7, 11) is 0. The fraction of sp³-hybridized carbons (Fsp3) is 0.700. The van der Waals surface area contributed by atoms with Gasteiger partial charge in [0.15, 0.2) is 0 Å². The monoisotopic (exact) mass is 303 g/mol. The number of allylic oxidation sites excluding steroid dienone is 5. The third-order valence-electron chi connectivity index (χ3n) is 4.72. The molecule has 0 spiro atoms. The first kappa shape index (κ1) is 17.3. The Morgan fingerprint density at radius 2 is 1.36 bits per heavy atom. The van der Waals surface area contributed by atoms with Gasteiger partial charge in [-0.05, 0) is 43.8 Å². The number of rotatable bonds is 1. The maximum absolute atomic E-state index is 5.76. The molecule has 0 amide bonds. The zero-order valence-electron chi connectivity index (χ0n) is 14.1. The normalized spacial score (nSPS) is 26.2. The van der Waals surface area contributed by atoms with Gasteiger partial charge in [-0.1, -0.05) is 57.1 Å². The van der Waals surface area contributed by atoms with E-state index >= 15 is 0 Å². The summed E-state index contributed by atoms with van der Waals surface area (Å²) in [6.07, 6.45) is 25.3. The Balaban J connectivity index is 1.83. The van der Waals surface area contributed by atoms with Crippen LogP contribution in [0.2, 0.25) is 0 Å². The van der Waals surface area contributed by atoms with Crippen LogP contribution in [0, 0.1) is 5.92 Å². The standard InChI is InChI=1S/C20H33NO/c1-2-4-7-13-19(20-15-8-6-10-16-21-20)14-9-12-18-22-17-11-5-3-1/h6,8,10,15-16,19,21H,1-5,7,9,11-14,17-18H2. The molecule has 2 aliphatic rings. The molecule has 2 heterocycles. The molecule has 2 nitrogen and oxygen atoms in total. The van der Waals surface area contributed by atoms with Gasteiger partial charge in [0, 0.05) is 25.1 Å². The van der Waals surface area contributed by atoms with Crippen LogP contribution in [-0.2, 0) is 4.74 Å². The number of hydrogen-bond donors (Lipinski definition) is 1. The van der Waals surface area contributed by atoms with E-state index in [-0.39, 0.29) is 0 Å². The maximum Gasteiger partial charge on any atom is 0.0466 e. The second kappa shape index (κ2) is 11.5. The minimum Gasteiger partial charge on any atom is -0.381 e. The van der Waals surface area contributed by atoms with Gasteiger partial charge in [-0.2, -0.15) is 0 Å². The SMILES string of the molecule is C1=CC=C(C2CCCCCCCCCOCCCC2)NC=C1. The number of hydrogen-bond acceptors (Lipinski definition) is 2. The van der Waals surface area contributed by atoms with E-state index in [1.165, 1.54) is 76.3 Å². The zero-order valence-corrected chi connectivity index (χ0v) is 14.1. The van der Waals surface area contributed by atoms with E-state index in [2.05, 4.69) is 35.8 Å². The van der Waals surface area contributed by atoms with Gasteiger partial charge in [0.05, 0.1) is 0 Å². The Kier molecular flexibility index (Phi) is 9.09. The zero-order chi connectivity index (χ0) is 15.3. The van der Waals surface area contributed by atoms with Crippen molar-refractivity contribution in [2.24, 2.45) is 5.92 Å². The van der Waals surface area contributed by atoms with Crippen LogP contribution in [0.4, 0.5) is 0 Å². The summed E-state index contributed by atoms with van der Waals surface area (Å²) in [5.74, 6) is 0.678. The highest BCUT2D eigenvalue weighted by molar-refractivity contribution is 5.22. The molecule has 2 rings (SSSR count). The van der Waals surface area contributed by atoms with Crippen molar-refractivity contribution >= 4 is 0 Å². The lowest BCUT2D eigenvalue weighted by Crippen LogP contribution is -2.16. The van der Waals surface area contributed by atoms with Crippen molar-refractivity contribution in [3.63, 3.8) is 0 Å². The van der Waals surface area contributed by atoms with Crippen LogP contribution in [0.3, 0.4) is 0 Å². The molecule has 0 aromatic rings. The molecule has 2 heteroatoms. The Morgan fingerprint density at radius 3 is 2.18 bits per heavy atom. The van der Waals surface area contributed by atoms with Gasteiger partial charge in [-0.3, -0.25) is 0 Å². The lowest BCUT2D eigenvalue weighted by atomic mass is 9.91. The molecule has 0 radical (unpaired) electrons. The predicted molar refractivity (Wildman–Crippen MR) is 94.6 cm³/mol. The lowest BCUT2D eigenvalue weighted by Gasteiger charge is -2.20. The third-order valence-corrected chi connectivity index (χ3v) is 4.72. The van der Waals surface area contributed by atoms with E-state index in [0.717, 1.165) is 13.2 Å². The van der Waals surface area contributed by atoms with Gasteiger partial charge >= 0.3 is 0 Å². The van der Waals surface area contributed by atoms with Crippen LogP contribution in [0.1, 0.15) is 70.6 Å². The number of ether oxygens (including phenoxy) is 1. The van der Waals surface area contributed by atoms with E-state index in [0.29, 0.717) is 5.92 Å². The van der Waals surface area contributed by atoms with Crippen LogP contribution >= 0.6 is 0 Å². The maximum atomic E-state index is 5.76. The molecule has 0 bridgehead atoms. The quantitative estimate of drug-likeness (QED) is 0.692. The minimum atomic E-state index is 0.678. The predicted octanol–water partition coefficient (Wildman–Crippen LogP) is 5.48. The topological polar surface area (TPSA) is 21.3 Å². The average Bonchev–Trinajstić information content (AvgIpc) is 2.82. The van der Waals surface area contributed by atoms with Crippen LogP contribution in [0.15, 0.2) is 36.2 Å². The van der Waals surface area contributed by atoms with Gasteiger partial charge in [0.1, 0.15) is 0 Å². The summed E-state index contributed by atoms with van der Waals surface area (Å²) in [5.41, 5.74) is 1.40. The fourth-order valence-corrected chi connectivity index (χ4v) is 3.36. The second-order valence-electron chi connectivity index (χ2n) is 6.58. The molecule has 0 saturated carbocycles. The average molecular weight is 303 g/mol. The summed E-state index contributed by atoms with van der Waals surface area (Å²) in [5, 5.41) is 3.48. The first-order valence-corrected chi connectivity index (χ1v) is 9.34. The third kappa shape index (κ3) is 7.31. The van der Waals surface area contributed by atoms with Gasteiger partial charge in [0.2, 0.25) is 0 Å². The summed E-state index contributed by atoms with van der Waals surface area (Å²) in [4.78, 5) is 0. The molecule has 0 aliphatic carbocycles. The van der Waals surface area contributed by atoms with Gasteiger partial charge in [0.25, 0.3) is 0 Å². The lowest BCUT2D eigenvalue weighted by molar-refractivity contribution is 0.125. The molecular weight excluding hydrogens is 270 g/mol. The van der Waals surface area contributed by atoms with Crippen molar-refractivity contribution in [2.45, 2.75) is 70.6 Å².